The van der Waals surface area contributed by atoms with Crippen LogP contribution in [0.25, 0.3) is 0 Å². The molecule has 2 atom stereocenters. The summed E-state index contributed by atoms with van der Waals surface area (Å²) < 4.78 is 10.2. The van der Waals surface area contributed by atoms with E-state index in [0.29, 0.717) is 6.61 Å². The monoisotopic (exact) mass is 321 g/mol. The molecule has 1 fully saturated rings. The van der Waals surface area contributed by atoms with Crippen LogP contribution in [0, 0.1) is 27.4 Å². The third kappa shape index (κ3) is 3.49. The fourth-order valence-corrected chi connectivity index (χ4v) is 2.75. The maximum atomic E-state index is 12.0. The van der Waals surface area contributed by atoms with Gasteiger partial charge < -0.3 is 9.47 Å². The van der Waals surface area contributed by atoms with Crippen LogP contribution < -0.4 is 0 Å². The first-order chi connectivity index (χ1) is 10.8. The van der Waals surface area contributed by atoms with E-state index in [-0.39, 0.29) is 41.1 Å². The Morgan fingerprint density at radius 1 is 1.30 bits per heavy atom. The Hall–Kier alpha value is -2.44. The van der Waals surface area contributed by atoms with Crippen molar-refractivity contribution >= 4 is 17.6 Å². The first-order valence-corrected chi connectivity index (χ1v) is 7.37. The van der Waals surface area contributed by atoms with Gasteiger partial charge in [-0.2, -0.15) is 0 Å². The molecule has 1 aromatic rings. The molecule has 23 heavy (non-hydrogen) atoms. The number of hydrogen-bond acceptors (Lipinski definition) is 6. The summed E-state index contributed by atoms with van der Waals surface area (Å²) in [5.41, 5.74) is -0.337. The Balaban J connectivity index is 1.96. The zero-order valence-corrected chi connectivity index (χ0v) is 13.3. The number of esters is 2. The number of nitro benzene ring substituents is 1. The third-order valence-corrected chi connectivity index (χ3v) is 4.28. The lowest BCUT2D eigenvalue weighted by atomic mass is 10.1. The summed E-state index contributed by atoms with van der Waals surface area (Å²) in [6, 6.07) is 5.36. The zero-order chi connectivity index (χ0) is 17.2. The van der Waals surface area contributed by atoms with Crippen LogP contribution >= 0.6 is 0 Å². The van der Waals surface area contributed by atoms with Crippen molar-refractivity contribution in [1.29, 1.82) is 0 Å². The van der Waals surface area contributed by atoms with E-state index in [9.17, 15) is 19.7 Å². The molecule has 0 aromatic heterocycles. The average molecular weight is 321 g/mol. The van der Waals surface area contributed by atoms with Gasteiger partial charge in [0.25, 0.3) is 5.69 Å². The highest BCUT2D eigenvalue weighted by atomic mass is 16.6. The first kappa shape index (κ1) is 16.9. The van der Waals surface area contributed by atoms with Crippen LogP contribution in [0.3, 0.4) is 0 Å². The lowest BCUT2D eigenvalue weighted by Crippen LogP contribution is -2.12. The molecule has 1 aliphatic rings. The molecule has 0 aliphatic heterocycles. The quantitative estimate of drug-likeness (QED) is 0.454. The van der Waals surface area contributed by atoms with E-state index in [1.807, 2.05) is 13.8 Å². The molecule has 7 nitrogen and oxygen atoms in total. The lowest BCUT2D eigenvalue weighted by molar-refractivity contribution is -0.384. The maximum Gasteiger partial charge on any atom is 0.338 e. The van der Waals surface area contributed by atoms with Crippen LogP contribution in [0.15, 0.2) is 24.3 Å². The van der Waals surface area contributed by atoms with Gasteiger partial charge in [0.15, 0.2) is 0 Å². The van der Waals surface area contributed by atoms with E-state index in [1.54, 1.807) is 6.92 Å². The van der Waals surface area contributed by atoms with Gasteiger partial charge in [-0.25, -0.2) is 4.79 Å². The molecule has 1 aromatic carbocycles. The number of carbonyl (C=O) groups is 2. The zero-order valence-electron chi connectivity index (χ0n) is 13.3. The number of non-ortho nitro benzene ring substituents is 1. The van der Waals surface area contributed by atoms with Crippen molar-refractivity contribution in [3.63, 3.8) is 0 Å². The highest BCUT2D eigenvalue weighted by molar-refractivity contribution is 5.90. The van der Waals surface area contributed by atoms with E-state index >= 15 is 0 Å². The topological polar surface area (TPSA) is 95.7 Å². The number of nitrogens with zero attached hydrogens (tertiary/aromatic N) is 1. The Kier molecular flexibility index (Phi) is 4.68. The molecule has 2 rings (SSSR count). The van der Waals surface area contributed by atoms with Gasteiger partial charge in [0.2, 0.25) is 0 Å². The Labute approximate surface area is 133 Å². The number of benzene rings is 1. The molecule has 0 spiro atoms. The SMILES string of the molecule is CCOC(=O)[C@@H]1[C@@H](COC(=O)c2cccc([N+](=O)[O-])c2)C1(C)C. The van der Waals surface area contributed by atoms with Gasteiger partial charge in [-0.3, -0.25) is 14.9 Å². The minimum atomic E-state index is -0.640. The average Bonchev–Trinajstić information content (AvgIpc) is 3.06. The van der Waals surface area contributed by atoms with Crippen molar-refractivity contribution in [2.75, 3.05) is 13.2 Å². The highest BCUT2D eigenvalue weighted by Crippen LogP contribution is 2.58. The van der Waals surface area contributed by atoms with Crippen LogP contribution in [0.5, 0.6) is 0 Å². The van der Waals surface area contributed by atoms with E-state index in [0.717, 1.165) is 0 Å². The number of hydrogen-bond donors (Lipinski definition) is 0. The van der Waals surface area contributed by atoms with Crippen molar-refractivity contribution in [2.24, 2.45) is 17.3 Å². The van der Waals surface area contributed by atoms with Crippen LogP contribution in [-0.4, -0.2) is 30.1 Å². The standard InChI is InChI=1S/C16H19NO6/c1-4-22-15(19)13-12(16(13,2)3)9-23-14(18)10-6-5-7-11(8-10)17(20)21/h5-8,12-13H,4,9H2,1-3H3/t12-,13+/m1/s1. The number of nitro groups is 1. The van der Waals surface area contributed by atoms with Crippen molar-refractivity contribution in [1.82, 2.24) is 0 Å². The van der Waals surface area contributed by atoms with Crippen LogP contribution in [0.4, 0.5) is 5.69 Å². The fourth-order valence-electron chi connectivity index (χ4n) is 2.75. The van der Waals surface area contributed by atoms with Crippen LogP contribution in [0.1, 0.15) is 31.1 Å². The molecule has 1 saturated carbocycles. The summed E-state index contributed by atoms with van der Waals surface area (Å²) >= 11 is 0. The first-order valence-electron chi connectivity index (χ1n) is 7.37. The molecule has 0 radical (unpaired) electrons. The van der Waals surface area contributed by atoms with Crippen molar-refractivity contribution in [2.45, 2.75) is 20.8 Å². The van der Waals surface area contributed by atoms with E-state index in [1.165, 1.54) is 24.3 Å². The van der Waals surface area contributed by atoms with Gasteiger partial charge in [-0.15, -0.1) is 0 Å². The van der Waals surface area contributed by atoms with Gasteiger partial charge in [0.1, 0.15) is 0 Å². The molecule has 0 amide bonds. The van der Waals surface area contributed by atoms with Crippen molar-refractivity contribution in [3.05, 3.63) is 39.9 Å². The van der Waals surface area contributed by atoms with Crippen LogP contribution in [0.2, 0.25) is 0 Å². The number of ether oxygens (including phenoxy) is 2. The molecule has 7 heteroatoms. The molecule has 0 unspecified atom stereocenters. The molecule has 0 N–H and O–H groups in total. The largest absolute Gasteiger partial charge is 0.466 e. The molecule has 0 saturated heterocycles. The highest BCUT2D eigenvalue weighted by Gasteiger charge is 2.63. The van der Waals surface area contributed by atoms with E-state index in [4.69, 9.17) is 9.47 Å². The van der Waals surface area contributed by atoms with Gasteiger partial charge in [-0.1, -0.05) is 19.9 Å². The maximum absolute atomic E-state index is 12.0. The van der Waals surface area contributed by atoms with E-state index < -0.39 is 10.9 Å². The molecule has 0 bridgehead atoms. The predicted octanol–water partition coefficient (Wildman–Crippen LogP) is 2.59. The normalized spacial score (nSPS) is 21.3. The fraction of sp³-hybridized carbons (Fsp3) is 0.500. The Morgan fingerprint density at radius 3 is 2.61 bits per heavy atom. The van der Waals surface area contributed by atoms with Crippen molar-refractivity contribution in [3.8, 4) is 0 Å². The summed E-state index contributed by atoms with van der Waals surface area (Å²) in [6.07, 6.45) is 0. The molecule has 1 aliphatic carbocycles. The van der Waals surface area contributed by atoms with Crippen molar-refractivity contribution < 1.29 is 24.0 Å². The predicted molar refractivity (Wildman–Crippen MR) is 80.8 cm³/mol. The summed E-state index contributed by atoms with van der Waals surface area (Å²) in [5.74, 6) is -1.32. The second kappa shape index (κ2) is 6.36. The summed E-state index contributed by atoms with van der Waals surface area (Å²) in [4.78, 5) is 34.0. The number of carbonyl (C=O) groups excluding carboxylic acids is 2. The van der Waals surface area contributed by atoms with Gasteiger partial charge >= 0.3 is 11.9 Å². The molecule has 0 heterocycles. The van der Waals surface area contributed by atoms with E-state index in [2.05, 4.69) is 0 Å². The second-order valence-corrected chi connectivity index (χ2v) is 6.06. The third-order valence-electron chi connectivity index (χ3n) is 4.28. The summed E-state index contributed by atoms with van der Waals surface area (Å²) in [6.45, 7) is 5.97. The Morgan fingerprint density at radius 2 is 2.00 bits per heavy atom. The smallest absolute Gasteiger partial charge is 0.338 e. The van der Waals surface area contributed by atoms with Gasteiger partial charge in [-0.05, 0) is 18.4 Å². The Bertz CT molecular complexity index is 639. The summed E-state index contributed by atoms with van der Waals surface area (Å²) in [7, 11) is 0. The number of rotatable bonds is 6. The molecule has 124 valence electrons. The summed E-state index contributed by atoms with van der Waals surface area (Å²) in [5, 5.41) is 10.7. The van der Waals surface area contributed by atoms with Gasteiger partial charge in [0, 0.05) is 18.1 Å². The minimum Gasteiger partial charge on any atom is -0.466 e. The minimum absolute atomic E-state index is 0.0814. The molecular formula is C16H19NO6. The van der Waals surface area contributed by atoms with Crippen LogP contribution in [-0.2, 0) is 14.3 Å². The second-order valence-electron chi connectivity index (χ2n) is 6.06. The lowest BCUT2D eigenvalue weighted by Gasteiger charge is -2.05. The molecular weight excluding hydrogens is 302 g/mol. The van der Waals surface area contributed by atoms with Gasteiger partial charge in [0.05, 0.1) is 29.6 Å².